The summed E-state index contributed by atoms with van der Waals surface area (Å²) in [6.07, 6.45) is 2.60. The molecule has 1 aromatic carbocycles. The number of ether oxygens (including phenoxy) is 2. The van der Waals surface area contributed by atoms with Crippen molar-refractivity contribution in [2.45, 2.75) is 18.9 Å². The van der Waals surface area contributed by atoms with Crippen molar-refractivity contribution in [2.24, 2.45) is 0 Å². The molecule has 1 fully saturated rings. The molecule has 0 spiro atoms. The number of nitrogens with one attached hydrogen (secondary N) is 1. The second-order valence-electron chi connectivity index (χ2n) is 4.26. The lowest BCUT2D eigenvalue weighted by molar-refractivity contribution is 0.109. The van der Waals surface area contributed by atoms with Crippen molar-refractivity contribution in [3.8, 4) is 5.75 Å². The SMILES string of the molecule is Fc1cc(OCCNCC2CCCO2)ccc1Cl. The molecule has 0 aliphatic carbocycles. The largest absolute Gasteiger partial charge is 0.492 e. The molecule has 1 aromatic rings. The Kier molecular flexibility index (Phi) is 5.23. The number of benzene rings is 1. The quantitative estimate of drug-likeness (QED) is 0.809. The number of hydrogen-bond acceptors (Lipinski definition) is 3. The number of hydrogen-bond donors (Lipinski definition) is 1. The summed E-state index contributed by atoms with van der Waals surface area (Å²) < 4.78 is 24.0. The van der Waals surface area contributed by atoms with Crippen LogP contribution in [0, 0.1) is 5.82 Å². The molecule has 0 bridgehead atoms. The molecule has 5 heteroatoms. The minimum atomic E-state index is -0.457. The van der Waals surface area contributed by atoms with Gasteiger partial charge in [-0.3, -0.25) is 0 Å². The summed E-state index contributed by atoms with van der Waals surface area (Å²) >= 11 is 5.58. The van der Waals surface area contributed by atoms with Gasteiger partial charge < -0.3 is 14.8 Å². The van der Waals surface area contributed by atoms with E-state index in [-0.39, 0.29) is 5.02 Å². The average Bonchev–Trinajstić information content (AvgIpc) is 2.86. The average molecular weight is 274 g/mol. The van der Waals surface area contributed by atoms with E-state index in [9.17, 15) is 4.39 Å². The van der Waals surface area contributed by atoms with Gasteiger partial charge in [-0.25, -0.2) is 4.39 Å². The highest BCUT2D eigenvalue weighted by atomic mass is 35.5. The molecule has 0 amide bonds. The van der Waals surface area contributed by atoms with Gasteiger partial charge >= 0.3 is 0 Å². The Morgan fingerprint density at radius 2 is 2.39 bits per heavy atom. The molecule has 1 aliphatic rings. The molecule has 1 atom stereocenters. The van der Waals surface area contributed by atoms with Crippen LogP contribution in [0.25, 0.3) is 0 Å². The highest BCUT2D eigenvalue weighted by molar-refractivity contribution is 6.30. The molecule has 1 aliphatic heterocycles. The first-order chi connectivity index (χ1) is 8.75. The molecule has 0 aromatic heterocycles. The third-order valence-corrected chi connectivity index (χ3v) is 3.14. The van der Waals surface area contributed by atoms with Crippen molar-refractivity contribution in [2.75, 3.05) is 26.3 Å². The highest BCUT2D eigenvalue weighted by Crippen LogP contribution is 2.20. The molecule has 0 saturated carbocycles. The van der Waals surface area contributed by atoms with Crippen LogP contribution in [-0.4, -0.2) is 32.4 Å². The fourth-order valence-electron chi connectivity index (χ4n) is 1.88. The van der Waals surface area contributed by atoms with Crippen molar-refractivity contribution in [1.29, 1.82) is 0 Å². The van der Waals surface area contributed by atoms with E-state index < -0.39 is 5.82 Å². The van der Waals surface area contributed by atoms with Crippen LogP contribution in [-0.2, 0) is 4.74 Å². The Morgan fingerprint density at radius 1 is 1.50 bits per heavy atom. The van der Waals surface area contributed by atoms with Gasteiger partial charge in [-0.2, -0.15) is 0 Å². The smallest absolute Gasteiger partial charge is 0.145 e. The van der Waals surface area contributed by atoms with Gasteiger partial charge in [0, 0.05) is 25.8 Å². The summed E-state index contributed by atoms with van der Waals surface area (Å²) in [5.74, 6) is 0.0392. The fourth-order valence-corrected chi connectivity index (χ4v) is 1.99. The van der Waals surface area contributed by atoms with Gasteiger partial charge in [0.25, 0.3) is 0 Å². The van der Waals surface area contributed by atoms with E-state index >= 15 is 0 Å². The molecule has 1 saturated heterocycles. The molecular weight excluding hydrogens is 257 g/mol. The maximum atomic E-state index is 13.1. The van der Waals surface area contributed by atoms with E-state index in [1.165, 1.54) is 12.1 Å². The number of rotatable bonds is 6. The van der Waals surface area contributed by atoms with Crippen LogP contribution in [0.3, 0.4) is 0 Å². The van der Waals surface area contributed by atoms with E-state index in [0.717, 1.165) is 26.0 Å². The Labute approximate surface area is 111 Å². The first-order valence-corrected chi connectivity index (χ1v) is 6.53. The van der Waals surface area contributed by atoms with E-state index in [1.807, 2.05) is 0 Å². The van der Waals surface area contributed by atoms with Crippen LogP contribution in [0.15, 0.2) is 18.2 Å². The molecule has 18 heavy (non-hydrogen) atoms. The standard InChI is InChI=1S/C13H17ClFNO2/c14-12-4-3-10(8-13(12)15)18-7-5-16-9-11-2-1-6-17-11/h3-4,8,11,16H,1-2,5-7,9H2. The Hall–Kier alpha value is -0.840. The molecule has 1 heterocycles. The molecule has 2 rings (SSSR count). The van der Waals surface area contributed by atoms with Gasteiger partial charge in [-0.1, -0.05) is 11.6 Å². The first-order valence-electron chi connectivity index (χ1n) is 6.16. The third-order valence-electron chi connectivity index (χ3n) is 2.83. The van der Waals surface area contributed by atoms with Crippen LogP contribution in [0.5, 0.6) is 5.75 Å². The summed E-state index contributed by atoms with van der Waals surface area (Å²) in [6.45, 7) is 2.92. The molecule has 1 N–H and O–H groups in total. The minimum Gasteiger partial charge on any atom is -0.492 e. The van der Waals surface area contributed by atoms with Crippen LogP contribution in [0.2, 0.25) is 5.02 Å². The monoisotopic (exact) mass is 273 g/mol. The van der Waals surface area contributed by atoms with Gasteiger partial charge in [-0.15, -0.1) is 0 Å². The lowest BCUT2D eigenvalue weighted by Crippen LogP contribution is -2.29. The van der Waals surface area contributed by atoms with Gasteiger partial charge in [-0.05, 0) is 25.0 Å². The van der Waals surface area contributed by atoms with Crippen molar-refractivity contribution in [3.63, 3.8) is 0 Å². The van der Waals surface area contributed by atoms with Crippen molar-refractivity contribution in [1.82, 2.24) is 5.32 Å². The Balaban J connectivity index is 1.61. The fraction of sp³-hybridized carbons (Fsp3) is 0.538. The van der Waals surface area contributed by atoms with Crippen molar-refractivity contribution in [3.05, 3.63) is 29.0 Å². The van der Waals surface area contributed by atoms with E-state index in [1.54, 1.807) is 6.07 Å². The summed E-state index contributed by atoms with van der Waals surface area (Å²) in [6, 6.07) is 4.44. The van der Waals surface area contributed by atoms with E-state index in [0.29, 0.717) is 25.0 Å². The maximum absolute atomic E-state index is 13.1. The zero-order valence-electron chi connectivity index (χ0n) is 10.1. The van der Waals surface area contributed by atoms with Crippen LogP contribution < -0.4 is 10.1 Å². The normalized spacial score (nSPS) is 19.1. The first kappa shape index (κ1) is 13.6. The topological polar surface area (TPSA) is 30.5 Å². The highest BCUT2D eigenvalue weighted by Gasteiger charge is 2.14. The van der Waals surface area contributed by atoms with Gasteiger partial charge in [0.1, 0.15) is 18.2 Å². The molecular formula is C13H17ClFNO2. The third kappa shape index (κ3) is 4.12. The molecule has 1 unspecified atom stereocenters. The summed E-state index contributed by atoms with van der Waals surface area (Å²) in [7, 11) is 0. The summed E-state index contributed by atoms with van der Waals surface area (Å²) in [4.78, 5) is 0. The predicted octanol–water partition coefficient (Wildman–Crippen LogP) is 2.63. The molecule has 100 valence electrons. The van der Waals surface area contributed by atoms with Crippen LogP contribution in [0.1, 0.15) is 12.8 Å². The lowest BCUT2D eigenvalue weighted by Gasteiger charge is -2.11. The van der Waals surface area contributed by atoms with Crippen molar-refractivity contribution >= 4 is 11.6 Å². The lowest BCUT2D eigenvalue weighted by atomic mass is 10.2. The van der Waals surface area contributed by atoms with E-state index in [4.69, 9.17) is 21.1 Å². The maximum Gasteiger partial charge on any atom is 0.145 e. The zero-order valence-corrected chi connectivity index (χ0v) is 10.9. The van der Waals surface area contributed by atoms with Gasteiger partial charge in [0.05, 0.1) is 11.1 Å². The van der Waals surface area contributed by atoms with Crippen molar-refractivity contribution < 1.29 is 13.9 Å². The van der Waals surface area contributed by atoms with E-state index in [2.05, 4.69) is 5.32 Å². The molecule has 0 radical (unpaired) electrons. The van der Waals surface area contributed by atoms with Crippen LogP contribution in [0.4, 0.5) is 4.39 Å². The summed E-state index contributed by atoms with van der Waals surface area (Å²) in [5, 5.41) is 3.36. The zero-order chi connectivity index (χ0) is 12.8. The summed E-state index contributed by atoms with van der Waals surface area (Å²) in [5.41, 5.74) is 0. The van der Waals surface area contributed by atoms with Gasteiger partial charge in [0.15, 0.2) is 0 Å². The Morgan fingerprint density at radius 3 is 3.11 bits per heavy atom. The second-order valence-corrected chi connectivity index (χ2v) is 4.67. The Bertz CT molecular complexity index is 383. The van der Waals surface area contributed by atoms with Crippen LogP contribution >= 0.6 is 11.6 Å². The minimum absolute atomic E-state index is 0.110. The van der Waals surface area contributed by atoms with Gasteiger partial charge in [0.2, 0.25) is 0 Å². The number of halogens is 2. The predicted molar refractivity (Wildman–Crippen MR) is 68.7 cm³/mol. The molecule has 3 nitrogen and oxygen atoms in total. The second kappa shape index (κ2) is 6.92.